The van der Waals surface area contributed by atoms with Crippen molar-refractivity contribution < 1.29 is 14.3 Å². The molecular formula is C28H23N3O3S. The highest BCUT2D eigenvalue weighted by atomic mass is 32.1. The number of hydrogen-bond acceptors (Lipinski definition) is 6. The van der Waals surface area contributed by atoms with E-state index in [2.05, 4.69) is 5.10 Å². The minimum atomic E-state index is -0.255. The molecule has 1 aromatic heterocycles. The molecule has 5 rings (SSSR count). The van der Waals surface area contributed by atoms with E-state index in [4.69, 9.17) is 14.5 Å². The number of ether oxygens (including phenoxy) is 2. The number of methoxy groups -OCH3 is 1. The third-order valence-corrected chi connectivity index (χ3v) is 6.49. The molecule has 0 aliphatic rings. The smallest absolute Gasteiger partial charge is 0.281 e. The van der Waals surface area contributed by atoms with Gasteiger partial charge in [0, 0.05) is 5.56 Å². The van der Waals surface area contributed by atoms with Gasteiger partial charge in [-0.1, -0.05) is 47.7 Å². The number of carbonyl (C=O) groups excluding carboxylic acids is 1. The van der Waals surface area contributed by atoms with Crippen LogP contribution in [0.4, 0.5) is 5.13 Å². The van der Waals surface area contributed by atoms with E-state index in [9.17, 15) is 4.79 Å². The van der Waals surface area contributed by atoms with E-state index < -0.39 is 0 Å². The van der Waals surface area contributed by atoms with E-state index >= 15 is 0 Å². The van der Waals surface area contributed by atoms with Crippen molar-refractivity contribution in [1.29, 1.82) is 0 Å². The summed E-state index contributed by atoms with van der Waals surface area (Å²) in [6.07, 6.45) is 1.66. The summed E-state index contributed by atoms with van der Waals surface area (Å²) < 4.78 is 11.8. The van der Waals surface area contributed by atoms with Crippen molar-refractivity contribution >= 4 is 49.6 Å². The molecule has 0 bridgehead atoms. The van der Waals surface area contributed by atoms with Crippen molar-refractivity contribution in [3.8, 4) is 11.5 Å². The van der Waals surface area contributed by atoms with Crippen LogP contribution in [-0.2, 0) is 0 Å². The molecule has 0 aliphatic carbocycles. The number of carbonyl (C=O) groups is 1. The maximum atomic E-state index is 13.9. The zero-order valence-electron chi connectivity index (χ0n) is 19.3. The molecule has 0 atom stereocenters. The van der Waals surface area contributed by atoms with Gasteiger partial charge in [-0.3, -0.25) is 4.79 Å². The molecule has 6 nitrogen and oxygen atoms in total. The van der Waals surface area contributed by atoms with Crippen molar-refractivity contribution in [2.45, 2.75) is 6.92 Å². The molecule has 1 heterocycles. The van der Waals surface area contributed by atoms with E-state index in [1.165, 1.54) is 16.3 Å². The molecule has 0 N–H and O–H groups in total. The first-order valence-corrected chi connectivity index (χ1v) is 12.0. The van der Waals surface area contributed by atoms with Gasteiger partial charge in [-0.05, 0) is 71.8 Å². The molecular weight excluding hydrogens is 458 g/mol. The van der Waals surface area contributed by atoms with Gasteiger partial charge in [0.15, 0.2) is 0 Å². The summed E-state index contributed by atoms with van der Waals surface area (Å²) >= 11 is 1.39. The number of rotatable bonds is 7. The quantitative estimate of drug-likeness (QED) is 0.196. The summed E-state index contributed by atoms with van der Waals surface area (Å²) in [5, 5.41) is 8.30. The van der Waals surface area contributed by atoms with Crippen LogP contribution < -0.4 is 14.5 Å². The number of aromatic nitrogens is 1. The Morgan fingerprint density at radius 2 is 1.77 bits per heavy atom. The Morgan fingerprint density at radius 3 is 2.57 bits per heavy atom. The van der Waals surface area contributed by atoms with E-state index in [0.717, 1.165) is 38.1 Å². The Labute approximate surface area is 207 Å². The average molecular weight is 482 g/mol. The molecule has 0 saturated carbocycles. The molecule has 5 aromatic rings. The first-order valence-electron chi connectivity index (χ1n) is 11.2. The van der Waals surface area contributed by atoms with Crippen molar-refractivity contribution in [2.24, 2.45) is 5.10 Å². The second-order valence-electron chi connectivity index (χ2n) is 7.72. The van der Waals surface area contributed by atoms with Gasteiger partial charge >= 0.3 is 0 Å². The minimum Gasteiger partial charge on any atom is -0.497 e. The number of benzene rings is 4. The van der Waals surface area contributed by atoms with E-state index in [1.807, 2.05) is 91.9 Å². The van der Waals surface area contributed by atoms with Gasteiger partial charge in [-0.2, -0.15) is 10.1 Å². The number of hydrogen-bond donors (Lipinski definition) is 0. The molecule has 0 unspecified atom stereocenters. The van der Waals surface area contributed by atoms with Crippen LogP contribution in [0.3, 0.4) is 0 Å². The average Bonchev–Trinajstić information content (AvgIpc) is 3.32. The number of nitrogens with zero attached hydrogens (tertiary/aromatic N) is 3. The summed E-state index contributed by atoms with van der Waals surface area (Å²) in [5.74, 6) is 1.26. The fraction of sp³-hybridized carbons (Fsp3) is 0.107. The number of fused-ring (bicyclic) bond motifs is 2. The molecule has 0 spiro atoms. The molecule has 0 fully saturated rings. The molecule has 0 saturated heterocycles. The lowest BCUT2D eigenvalue weighted by Gasteiger charge is -2.15. The van der Waals surface area contributed by atoms with Crippen LogP contribution >= 0.6 is 11.3 Å². The minimum absolute atomic E-state index is 0.255. The zero-order valence-corrected chi connectivity index (χ0v) is 20.2. The molecule has 4 aromatic carbocycles. The predicted octanol–water partition coefficient (Wildman–Crippen LogP) is 6.54. The standard InChI is InChI=1S/C28H23N3O3S/c1-3-34-21-13-11-19(12-14-21)18-29-31(28-30-25-16-15-22(33-2)17-26(25)35-28)27(32)24-10-6-8-20-7-4-5-9-23(20)24/h4-18H,3H2,1-2H3/b29-18+. The van der Waals surface area contributed by atoms with Crippen molar-refractivity contribution in [3.05, 3.63) is 96.1 Å². The van der Waals surface area contributed by atoms with Crippen molar-refractivity contribution in [3.63, 3.8) is 0 Å². The van der Waals surface area contributed by atoms with E-state index in [1.54, 1.807) is 13.3 Å². The third-order valence-electron chi connectivity index (χ3n) is 5.49. The Morgan fingerprint density at radius 1 is 1.00 bits per heavy atom. The SMILES string of the molecule is CCOc1ccc(/C=N/N(C(=O)c2cccc3ccccc23)c2nc3ccc(OC)cc3s2)cc1. The highest BCUT2D eigenvalue weighted by Gasteiger charge is 2.23. The summed E-state index contributed by atoms with van der Waals surface area (Å²) in [7, 11) is 1.63. The lowest BCUT2D eigenvalue weighted by Crippen LogP contribution is -2.25. The molecule has 0 radical (unpaired) electrons. The number of thiazole rings is 1. The normalized spacial score (nSPS) is 11.3. The second-order valence-corrected chi connectivity index (χ2v) is 8.73. The van der Waals surface area contributed by atoms with Crippen LogP contribution in [-0.4, -0.2) is 30.8 Å². The van der Waals surface area contributed by atoms with Gasteiger partial charge in [0.25, 0.3) is 5.91 Å². The molecule has 7 heteroatoms. The van der Waals surface area contributed by atoms with Crippen LogP contribution in [0.25, 0.3) is 21.0 Å². The van der Waals surface area contributed by atoms with Crippen LogP contribution in [0.1, 0.15) is 22.8 Å². The van der Waals surface area contributed by atoms with Crippen molar-refractivity contribution in [1.82, 2.24) is 4.98 Å². The van der Waals surface area contributed by atoms with Crippen LogP contribution in [0, 0.1) is 0 Å². The Hall–Kier alpha value is -4.23. The van der Waals surface area contributed by atoms with Gasteiger partial charge in [0.2, 0.25) is 5.13 Å². The zero-order chi connectivity index (χ0) is 24.2. The summed E-state index contributed by atoms with van der Waals surface area (Å²) in [6.45, 7) is 2.54. The first-order chi connectivity index (χ1) is 17.2. The summed E-state index contributed by atoms with van der Waals surface area (Å²) in [6, 6.07) is 26.7. The van der Waals surface area contributed by atoms with Crippen LogP contribution in [0.5, 0.6) is 11.5 Å². The number of hydrazone groups is 1. The molecule has 1 amide bonds. The molecule has 0 aliphatic heterocycles. The van der Waals surface area contributed by atoms with E-state index in [-0.39, 0.29) is 5.91 Å². The van der Waals surface area contributed by atoms with Gasteiger partial charge in [-0.15, -0.1) is 0 Å². The van der Waals surface area contributed by atoms with Gasteiger partial charge < -0.3 is 9.47 Å². The largest absolute Gasteiger partial charge is 0.497 e. The second kappa shape index (κ2) is 9.95. The monoisotopic (exact) mass is 481 g/mol. The van der Waals surface area contributed by atoms with E-state index in [0.29, 0.717) is 17.3 Å². The van der Waals surface area contributed by atoms with Crippen LogP contribution in [0.15, 0.2) is 90.0 Å². The summed E-state index contributed by atoms with van der Waals surface area (Å²) in [5.41, 5.74) is 2.17. The lowest BCUT2D eigenvalue weighted by molar-refractivity contribution is 0.0989. The van der Waals surface area contributed by atoms with Crippen LogP contribution in [0.2, 0.25) is 0 Å². The fourth-order valence-corrected chi connectivity index (χ4v) is 4.72. The Bertz CT molecular complexity index is 1520. The Kier molecular flexibility index (Phi) is 6.41. The number of amides is 1. The summed E-state index contributed by atoms with van der Waals surface area (Å²) in [4.78, 5) is 18.6. The molecule has 35 heavy (non-hydrogen) atoms. The predicted molar refractivity (Wildman–Crippen MR) is 142 cm³/mol. The Balaban J connectivity index is 1.57. The maximum absolute atomic E-state index is 13.9. The number of anilines is 1. The molecule has 174 valence electrons. The highest BCUT2D eigenvalue weighted by molar-refractivity contribution is 7.22. The fourth-order valence-electron chi connectivity index (χ4n) is 3.77. The van der Waals surface area contributed by atoms with Gasteiger partial charge in [0.05, 0.1) is 30.1 Å². The lowest BCUT2D eigenvalue weighted by atomic mass is 10.0. The van der Waals surface area contributed by atoms with Gasteiger partial charge in [0.1, 0.15) is 11.5 Å². The highest BCUT2D eigenvalue weighted by Crippen LogP contribution is 2.33. The van der Waals surface area contributed by atoms with Crippen molar-refractivity contribution in [2.75, 3.05) is 18.7 Å². The topological polar surface area (TPSA) is 64.0 Å². The van der Waals surface area contributed by atoms with Gasteiger partial charge in [-0.25, -0.2) is 4.98 Å². The maximum Gasteiger partial charge on any atom is 0.281 e. The first kappa shape index (κ1) is 22.6. The third kappa shape index (κ3) is 4.72.